The molecule has 0 fully saturated rings. The zero-order valence-corrected chi connectivity index (χ0v) is 21.9. The molecule has 0 spiro atoms. The Balaban J connectivity index is 2.01. The number of anilines is 1. The molecule has 14 heteroatoms. The van der Waals surface area contributed by atoms with Crippen LogP contribution in [0, 0.1) is 10.1 Å². The summed E-state index contributed by atoms with van der Waals surface area (Å²) in [6, 6.07) is 14.4. The van der Waals surface area contributed by atoms with Crippen molar-refractivity contribution in [3.8, 4) is 17.2 Å². The number of nitro benzene ring substituents is 1. The number of amides is 1. The van der Waals surface area contributed by atoms with Crippen LogP contribution in [0.2, 0.25) is 0 Å². The Kier molecular flexibility index (Phi) is 9.78. The Morgan fingerprint density at radius 3 is 1.78 bits per heavy atom. The van der Waals surface area contributed by atoms with Gasteiger partial charge in [-0.1, -0.05) is 12.1 Å². The fourth-order valence-electron chi connectivity index (χ4n) is 3.47. The second-order valence-electron chi connectivity index (χ2n) is 8.08. The number of nitrogens with one attached hydrogen (secondary N) is 1. The van der Waals surface area contributed by atoms with Gasteiger partial charge < -0.3 is 34.1 Å². The molecular weight excluding hydrogens is 544 g/mol. The Morgan fingerprint density at radius 1 is 0.780 bits per heavy atom. The first-order valence-corrected chi connectivity index (χ1v) is 11.6. The van der Waals surface area contributed by atoms with E-state index in [0.29, 0.717) is 0 Å². The second kappa shape index (κ2) is 13.4. The molecule has 0 aromatic heterocycles. The van der Waals surface area contributed by atoms with Crippen LogP contribution in [0.5, 0.6) is 17.2 Å². The highest BCUT2D eigenvalue weighted by Gasteiger charge is 2.41. The number of rotatable bonds is 12. The number of non-ortho nitro benzene ring substituents is 1. The van der Waals surface area contributed by atoms with Gasteiger partial charge in [0, 0.05) is 12.1 Å². The molecule has 14 nitrogen and oxygen atoms in total. The first-order valence-electron chi connectivity index (χ1n) is 11.6. The van der Waals surface area contributed by atoms with Gasteiger partial charge >= 0.3 is 17.9 Å². The number of aliphatic carboxylic acids is 1. The van der Waals surface area contributed by atoms with Crippen LogP contribution in [0.25, 0.3) is 0 Å². The van der Waals surface area contributed by atoms with Gasteiger partial charge in [0.15, 0.2) is 0 Å². The topological polar surface area (TPSA) is 190 Å². The molecule has 2 atom stereocenters. The Hall–Kier alpha value is -5.66. The molecule has 41 heavy (non-hydrogen) atoms. The third-order valence-corrected chi connectivity index (χ3v) is 5.51. The Labute approximate surface area is 232 Å². The van der Waals surface area contributed by atoms with Crippen molar-refractivity contribution in [3.63, 3.8) is 0 Å². The molecule has 3 rings (SSSR count). The highest BCUT2D eigenvalue weighted by Crippen LogP contribution is 2.29. The maximum absolute atomic E-state index is 13.4. The van der Waals surface area contributed by atoms with E-state index in [4.69, 9.17) is 23.7 Å². The number of esters is 2. The molecule has 0 bridgehead atoms. The summed E-state index contributed by atoms with van der Waals surface area (Å²) < 4.78 is 25.6. The zero-order chi connectivity index (χ0) is 30.1. The number of nitrogens with zero attached hydrogens (tertiary/aromatic N) is 1. The van der Waals surface area contributed by atoms with E-state index in [0.717, 1.165) is 12.1 Å². The number of carbonyl (C=O) groups is 4. The summed E-state index contributed by atoms with van der Waals surface area (Å²) >= 11 is 0. The van der Waals surface area contributed by atoms with Crippen molar-refractivity contribution in [2.45, 2.75) is 12.2 Å². The molecule has 3 aromatic carbocycles. The van der Waals surface area contributed by atoms with Gasteiger partial charge in [-0.25, -0.2) is 14.4 Å². The summed E-state index contributed by atoms with van der Waals surface area (Å²) in [6.45, 7) is 0. The summed E-state index contributed by atoms with van der Waals surface area (Å²) in [5.41, 5.74) is -0.893. The number of methoxy groups -OCH3 is 3. The second-order valence-corrected chi connectivity index (χ2v) is 8.08. The lowest BCUT2D eigenvalue weighted by molar-refractivity contribution is -0.384. The molecule has 0 aliphatic rings. The van der Waals surface area contributed by atoms with E-state index in [1.165, 1.54) is 75.9 Å². The van der Waals surface area contributed by atoms with Crippen LogP contribution < -0.4 is 19.5 Å². The van der Waals surface area contributed by atoms with E-state index < -0.39 is 46.6 Å². The van der Waals surface area contributed by atoms with E-state index in [2.05, 4.69) is 5.32 Å². The molecular formula is C27H24N2O12. The number of nitro groups is 1. The van der Waals surface area contributed by atoms with Gasteiger partial charge in [0.05, 0.1) is 43.1 Å². The zero-order valence-electron chi connectivity index (χ0n) is 21.9. The largest absolute Gasteiger partial charge is 0.497 e. The minimum Gasteiger partial charge on any atom is -0.497 e. The maximum Gasteiger partial charge on any atom is 0.349 e. The predicted octanol–water partition coefficient (Wildman–Crippen LogP) is 3.09. The number of carboxylic acid groups (broad SMARTS) is 1. The minimum atomic E-state index is -2.35. The third kappa shape index (κ3) is 7.47. The number of hydrogen-bond donors (Lipinski definition) is 2. The lowest BCUT2D eigenvalue weighted by Crippen LogP contribution is -2.48. The van der Waals surface area contributed by atoms with Crippen molar-refractivity contribution in [1.82, 2.24) is 0 Å². The molecule has 2 N–H and O–H groups in total. The lowest BCUT2D eigenvalue weighted by atomic mass is 10.1. The molecule has 1 amide bonds. The normalized spacial score (nSPS) is 11.8. The van der Waals surface area contributed by atoms with Crippen LogP contribution in [0.4, 0.5) is 11.4 Å². The number of benzene rings is 3. The van der Waals surface area contributed by atoms with Gasteiger partial charge in [-0.2, -0.15) is 0 Å². The smallest absolute Gasteiger partial charge is 0.349 e. The SMILES string of the molecule is COc1cccc(C(=O)O[C@H](C(=O)Nc2cc([N+](=O)[O-])ccc2OC)[C@@H](OC(=O)c2cccc(OC)c2)C(=O)O)c1. The van der Waals surface area contributed by atoms with Crippen molar-refractivity contribution in [2.75, 3.05) is 26.6 Å². The highest BCUT2D eigenvalue weighted by atomic mass is 16.6. The summed E-state index contributed by atoms with van der Waals surface area (Å²) in [6.07, 6.45) is -4.63. The van der Waals surface area contributed by atoms with Crippen LogP contribution in [0.1, 0.15) is 20.7 Å². The summed E-state index contributed by atoms with van der Waals surface area (Å²) in [5, 5.41) is 23.4. The quantitative estimate of drug-likeness (QED) is 0.185. The van der Waals surface area contributed by atoms with Gasteiger partial charge in [0.25, 0.3) is 11.6 Å². The third-order valence-electron chi connectivity index (χ3n) is 5.51. The first kappa shape index (κ1) is 29.9. The van der Waals surface area contributed by atoms with Gasteiger partial charge in [-0.05, 0) is 42.5 Å². The highest BCUT2D eigenvalue weighted by molar-refractivity contribution is 6.02. The summed E-state index contributed by atoms with van der Waals surface area (Å²) in [7, 11) is 3.93. The summed E-state index contributed by atoms with van der Waals surface area (Å²) in [4.78, 5) is 62.0. The van der Waals surface area contributed by atoms with Crippen molar-refractivity contribution in [3.05, 3.63) is 88.0 Å². The monoisotopic (exact) mass is 568 g/mol. The van der Waals surface area contributed by atoms with Crippen LogP contribution in [0.15, 0.2) is 66.7 Å². The molecule has 0 unspecified atom stereocenters. The number of hydrogen-bond acceptors (Lipinski definition) is 11. The summed E-state index contributed by atoms with van der Waals surface area (Å²) in [5.74, 6) is -4.93. The molecule has 0 radical (unpaired) electrons. The standard InChI is InChI=1S/C27H24N2O12/c1-37-18-8-4-6-15(12-18)26(33)40-22(24(30)28-20-14-17(29(35)36)10-11-21(20)39-3)23(25(31)32)41-27(34)16-7-5-9-19(13-16)38-2/h4-14,22-23H,1-3H3,(H,28,30)(H,31,32)/t22-,23+/m0/s1. The fourth-order valence-corrected chi connectivity index (χ4v) is 3.47. The van der Waals surface area contributed by atoms with E-state index in [9.17, 15) is 34.4 Å². The van der Waals surface area contributed by atoms with Crippen LogP contribution >= 0.6 is 0 Å². The van der Waals surface area contributed by atoms with E-state index in [-0.39, 0.29) is 34.1 Å². The van der Waals surface area contributed by atoms with Crippen molar-refractivity contribution < 1.29 is 52.9 Å². The molecule has 3 aromatic rings. The van der Waals surface area contributed by atoms with Gasteiger partial charge in [-0.15, -0.1) is 0 Å². The number of carbonyl (C=O) groups excluding carboxylic acids is 3. The molecule has 0 heterocycles. The van der Waals surface area contributed by atoms with Crippen molar-refractivity contribution in [1.29, 1.82) is 0 Å². The van der Waals surface area contributed by atoms with E-state index in [1.807, 2.05) is 0 Å². The molecule has 0 aliphatic carbocycles. The molecule has 0 saturated carbocycles. The number of ether oxygens (including phenoxy) is 5. The molecule has 214 valence electrons. The molecule has 0 saturated heterocycles. The predicted molar refractivity (Wildman–Crippen MR) is 140 cm³/mol. The van der Waals surface area contributed by atoms with Crippen molar-refractivity contribution >= 4 is 35.2 Å². The molecule has 0 aliphatic heterocycles. The Bertz CT molecular complexity index is 1470. The maximum atomic E-state index is 13.4. The lowest BCUT2D eigenvalue weighted by Gasteiger charge is -2.24. The van der Waals surface area contributed by atoms with Gasteiger partial charge in [-0.3, -0.25) is 14.9 Å². The fraction of sp³-hybridized carbons (Fsp3) is 0.185. The van der Waals surface area contributed by atoms with Gasteiger partial charge in [0.2, 0.25) is 12.2 Å². The van der Waals surface area contributed by atoms with Gasteiger partial charge in [0.1, 0.15) is 17.2 Å². The van der Waals surface area contributed by atoms with Crippen LogP contribution in [0.3, 0.4) is 0 Å². The number of carboxylic acids is 1. The average Bonchev–Trinajstić information content (AvgIpc) is 2.98. The van der Waals surface area contributed by atoms with E-state index >= 15 is 0 Å². The van der Waals surface area contributed by atoms with E-state index in [1.54, 1.807) is 0 Å². The minimum absolute atomic E-state index is 0.0259. The first-order chi connectivity index (χ1) is 19.6. The Morgan fingerprint density at radius 2 is 1.32 bits per heavy atom. The van der Waals surface area contributed by atoms with Crippen molar-refractivity contribution in [2.24, 2.45) is 0 Å². The average molecular weight is 568 g/mol. The van der Waals surface area contributed by atoms with Crippen LogP contribution in [-0.2, 0) is 19.1 Å². The van der Waals surface area contributed by atoms with Crippen LogP contribution in [-0.4, -0.2) is 67.4 Å².